The molecule has 0 spiro atoms. The number of hydrogen-bond donors (Lipinski definition) is 1. The lowest BCUT2D eigenvalue weighted by Crippen LogP contribution is -2.35. The quantitative estimate of drug-likeness (QED) is 0.668. The van der Waals surface area contributed by atoms with Crippen LogP contribution in [0.2, 0.25) is 0 Å². The van der Waals surface area contributed by atoms with E-state index in [4.69, 9.17) is 0 Å². The van der Waals surface area contributed by atoms with Crippen molar-refractivity contribution in [1.82, 2.24) is 9.88 Å². The molecule has 0 radical (unpaired) electrons. The number of anilines is 1. The maximum atomic E-state index is 4.34. The first-order valence-electron chi connectivity index (χ1n) is 10.2. The van der Waals surface area contributed by atoms with Gasteiger partial charge in [-0.15, -0.1) is 0 Å². The van der Waals surface area contributed by atoms with E-state index in [2.05, 4.69) is 65.6 Å². The van der Waals surface area contributed by atoms with Crippen LogP contribution < -0.4 is 5.32 Å². The van der Waals surface area contributed by atoms with Gasteiger partial charge in [-0.3, -0.25) is 9.88 Å². The first-order valence-corrected chi connectivity index (χ1v) is 10.2. The molecule has 1 N–H and O–H groups in total. The lowest BCUT2D eigenvalue weighted by atomic mass is 9.81. The van der Waals surface area contributed by atoms with E-state index in [0.717, 1.165) is 0 Å². The second-order valence-electron chi connectivity index (χ2n) is 5.92. The number of hydrogen-bond acceptors (Lipinski definition) is 3. The van der Waals surface area contributed by atoms with Crippen molar-refractivity contribution >= 4 is 5.69 Å². The van der Waals surface area contributed by atoms with Gasteiger partial charge >= 0.3 is 0 Å². The van der Waals surface area contributed by atoms with E-state index >= 15 is 0 Å². The number of benzene rings is 1. The summed E-state index contributed by atoms with van der Waals surface area (Å²) in [6.07, 6.45) is 4.29. The third kappa shape index (κ3) is 4.09. The molecule has 1 fully saturated rings. The molecule has 0 aliphatic carbocycles. The van der Waals surface area contributed by atoms with E-state index in [1.807, 2.05) is 53.9 Å². The Morgan fingerprint density at radius 2 is 1.50 bits per heavy atom. The average Bonchev–Trinajstić information content (AvgIpc) is 3.23. The minimum Gasteiger partial charge on any atom is -0.369 e. The number of fused-ring (bicyclic) bond motifs is 3. The normalized spacial score (nSPS) is 25.1. The lowest BCUT2D eigenvalue weighted by molar-refractivity contribution is 0.267. The van der Waals surface area contributed by atoms with Crippen molar-refractivity contribution in [2.45, 2.75) is 72.5 Å². The number of nitrogens with one attached hydrogen (secondary N) is 1. The molecule has 0 bridgehead atoms. The summed E-state index contributed by atoms with van der Waals surface area (Å²) in [4.78, 5) is 6.80. The Hall–Kier alpha value is -1.87. The van der Waals surface area contributed by atoms with Crippen molar-refractivity contribution in [2.75, 3.05) is 12.4 Å². The number of nitrogens with zero attached hydrogens (tertiary/aromatic N) is 2. The van der Waals surface area contributed by atoms with Crippen LogP contribution in [0.1, 0.15) is 71.4 Å². The number of aromatic nitrogens is 1. The molecule has 144 valence electrons. The predicted octanol–water partition coefficient (Wildman–Crippen LogP) is 6.11. The minimum atomic E-state index is 0.384. The highest BCUT2D eigenvalue weighted by atomic mass is 15.3. The van der Waals surface area contributed by atoms with Crippen molar-refractivity contribution in [3.05, 3.63) is 59.9 Å². The van der Waals surface area contributed by atoms with Crippen LogP contribution in [-0.2, 0) is 0 Å². The zero-order valence-electron chi connectivity index (χ0n) is 17.8. The van der Waals surface area contributed by atoms with Crippen LogP contribution in [0, 0.1) is 0 Å². The van der Waals surface area contributed by atoms with Crippen molar-refractivity contribution in [2.24, 2.45) is 0 Å². The van der Waals surface area contributed by atoms with Crippen LogP contribution in [0.5, 0.6) is 0 Å². The van der Waals surface area contributed by atoms with Crippen molar-refractivity contribution < 1.29 is 0 Å². The average molecular weight is 356 g/mol. The van der Waals surface area contributed by atoms with Crippen LogP contribution in [-0.4, -0.2) is 29.1 Å². The summed E-state index contributed by atoms with van der Waals surface area (Å²) < 4.78 is 0. The first kappa shape index (κ1) is 22.2. The summed E-state index contributed by atoms with van der Waals surface area (Å²) in [5, 5.41) is 3.66. The monoisotopic (exact) mass is 355 g/mol. The van der Waals surface area contributed by atoms with Gasteiger partial charge in [-0.25, -0.2) is 0 Å². The largest absolute Gasteiger partial charge is 0.369 e. The van der Waals surface area contributed by atoms with E-state index in [1.165, 1.54) is 16.8 Å². The number of likely N-dealkylation sites (N-methyl/N-ethyl adjacent to an activating group) is 1. The third-order valence-electron chi connectivity index (χ3n) is 5.03. The Morgan fingerprint density at radius 1 is 0.885 bits per heavy atom. The zero-order valence-corrected chi connectivity index (χ0v) is 17.8. The van der Waals surface area contributed by atoms with E-state index in [9.17, 15) is 0 Å². The van der Waals surface area contributed by atoms with Crippen LogP contribution in [0.3, 0.4) is 0 Å². The summed E-state index contributed by atoms with van der Waals surface area (Å²) in [7, 11) is 2.22. The topological polar surface area (TPSA) is 28.2 Å². The molecule has 26 heavy (non-hydrogen) atoms. The molecular formula is C23H37N3. The lowest BCUT2D eigenvalue weighted by Gasteiger charge is -2.25. The van der Waals surface area contributed by atoms with Crippen LogP contribution in [0.4, 0.5) is 5.69 Å². The van der Waals surface area contributed by atoms with Gasteiger partial charge in [0, 0.05) is 41.5 Å². The molecule has 0 amide bonds. The molecule has 3 heterocycles. The number of rotatable bonds is 1. The van der Waals surface area contributed by atoms with Gasteiger partial charge in [0.2, 0.25) is 0 Å². The fraction of sp³-hybridized carbons (Fsp3) is 0.522. The van der Waals surface area contributed by atoms with Crippen molar-refractivity contribution in [3.63, 3.8) is 0 Å². The van der Waals surface area contributed by atoms with Crippen molar-refractivity contribution in [3.8, 4) is 0 Å². The Balaban J connectivity index is 0.000000515. The van der Waals surface area contributed by atoms with Crippen molar-refractivity contribution in [1.29, 1.82) is 0 Å². The van der Waals surface area contributed by atoms with Crippen LogP contribution in [0.25, 0.3) is 0 Å². The van der Waals surface area contributed by atoms with Gasteiger partial charge in [-0.2, -0.15) is 0 Å². The molecule has 3 heteroatoms. The molecule has 1 aromatic heterocycles. The maximum Gasteiger partial charge on any atom is 0.0871 e. The van der Waals surface area contributed by atoms with Gasteiger partial charge < -0.3 is 5.32 Å². The zero-order chi connectivity index (χ0) is 19.7. The fourth-order valence-corrected chi connectivity index (χ4v) is 3.94. The summed E-state index contributed by atoms with van der Waals surface area (Å²) in [6.45, 7) is 14.3. The molecular weight excluding hydrogens is 318 g/mol. The van der Waals surface area contributed by atoms with E-state index in [-0.39, 0.29) is 0 Å². The smallest absolute Gasteiger partial charge is 0.0871 e. The van der Waals surface area contributed by atoms with Crippen LogP contribution in [0.15, 0.2) is 48.8 Å². The molecule has 2 aromatic rings. The number of likely N-dealkylation sites (tertiary alicyclic amines) is 1. The van der Waals surface area contributed by atoms with Gasteiger partial charge in [0.1, 0.15) is 0 Å². The molecule has 1 saturated heterocycles. The van der Waals surface area contributed by atoms with Gasteiger partial charge in [0.15, 0.2) is 0 Å². The SMILES string of the molecule is CC.CC.CC.CC1C(c2ccccc2)C2c3cnccc3NC2N1C. The highest BCUT2D eigenvalue weighted by molar-refractivity contribution is 5.60. The van der Waals surface area contributed by atoms with Crippen LogP contribution >= 0.6 is 0 Å². The summed E-state index contributed by atoms with van der Waals surface area (Å²) >= 11 is 0. The maximum absolute atomic E-state index is 4.34. The van der Waals surface area contributed by atoms with Gasteiger partial charge in [0.25, 0.3) is 0 Å². The molecule has 4 atom stereocenters. The Kier molecular flexibility index (Phi) is 9.36. The molecule has 1 aromatic carbocycles. The molecule has 2 aliphatic rings. The number of pyridine rings is 1. The second-order valence-corrected chi connectivity index (χ2v) is 5.92. The Labute approximate surface area is 160 Å². The fourth-order valence-electron chi connectivity index (χ4n) is 3.94. The molecule has 0 saturated carbocycles. The standard InChI is InChI=1S/C17H19N3.3C2H6/c1-11-15(12-6-4-3-5-7-12)16-13-10-18-9-8-14(13)19-17(16)20(11)2;3*1-2/h3-11,15-17,19H,1-2H3;3*1-2H3. The first-order chi connectivity index (χ1) is 12.8. The summed E-state index contributed by atoms with van der Waals surface area (Å²) in [5.74, 6) is 1.00. The molecule has 4 rings (SSSR count). The minimum absolute atomic E-state index is 0.384. The van der Waals surface area contributed by atoms with Gasteiger partial charge in [-0.1, -0.05) is 71.9 Å². The summed E-state index contributed by atoms with van der Waals surface area (Å²) in [6, 6.07) is 13.5. The van der Waals surface area contributed by atoms with E-state index in [1.54, 1.807) is 0 Å². The van der Waals surface area contributed by atoms with E-state index in [0.29, 0.717) is 24.0 Å². The molecule has 2 aliphatic heterocycles. The van der Waals surface area contributed by atoms with E-state index < -0.39 is 0 Å². The highest BCUT2D eigenvalue weighted by Crippen LogP contribution is 2.52. The molecule has 4 unspecified atom stereocenters. The highest BCUT2D eigenvalue weighted by Gasteiger charge is 2.50. The second kappa shape index (κ2) is 11.0. The summed E-state index contributed by atoms with van der Waals surface area (Å²) in [5.41, 5.74) is 4.04. The predicted molar refractivity (Wildman–Crippen MR) is 115 cm³/mol. The Bertz CT molecular complexity index is 626. The van der Waals surface area contributed by atoms with Gasteiger partial charge in [-0.05, 0) is 25.6 Å². The molecule has 3 nitrogen and oxygen atoms in total. The third-order valence-corrected chi connectivity index (χ3v) is 5.03. The van der Waals surface area contributed by atoms with Gasteiger partial charge in [0.05, 0.1) is 6.17 Å². The Morgan fingerprint density at radius 3 is 2.12 bits per heavy atom.